The molecule has 2 aromatic rings. The molecule has 110 valence electrons. The van der Waals surface area contributed by atoms with Gasteiger partial charge in [-0.25, -0.2) is 0 Å². The van der Waals surface area contributed by atoms with E-state index in [0.29, 0.717) is 6.42 Å². The molecule has 1 heterocycles. The van der Waals surface area contributed by atoms with Crippen LogP contribution in [-0.4, -0.2) is 17.5 Å². The molecule has 0 spiro atoms. The van der Waals surface area contributed by atoms with Gasteiger partial charge in [-0.05, 0) is 48.6 Å². The molecule has 0 fully saturated rings. The molecule has 0 saturated heterocycles. The van der Waals surface area contributed by atoms with Crippen molar-refractivity contribution in [2.45, 2.75) is 33.6 Å². The number of nitrogens with zero attached hydrogens (tertiary/aromatic N) is 1. The molecule has 0 unspecified atom stereocenters. The van der Waals surface area contributed by atoms with Crippen LogP contribution in [0.1, 0.15) is 41.9 Å². The molecule has 0 saturated carbocycles. The van der Waals surface area contributed by atoms with Crippen LogP contribution in [0.3, 0.4) is 0 Å². The predicted octanol–water partition coefficient (Wildman–Crippen LogP) is 3.95. The Morgan fingerprint density at radius 3 is 2.62 bits per heavy atom. The van der Waals surface area contributed by atoms with Gasteiger partial charge < -0.3 is 9.30 Å². The zero-order valence-corrected chi connectivity index (χ0v) is 13.1. The molecule has 0 amide bonds. The second-order valence-corrected chi connectivity index (χ2v) is 6.64. The molecule has 1 aromatic heterocycles. The smallest absolute Gasteiger partial charge is 0.165 e. The molecule has 1 aromatic carbocycles. The Bertz CT molecular complexity index is 710. The molecular formula is C18H21NO2. The van der Waals surface area contributed by atoms with Crippen molar-refractivity contribution in [3.05, 3.63) is 47.3 Å². The van der Waals surface area contributed by atoms with E-state index >= 15 is 0 Å². The van der Waals surface area contributed by atoms with E-state index in [-0.39, 0.29) is 11.2 Å². The van der Waals surface area contributed by atoms with E-state index in [2.05, 4.69) is 31.4 Å². The predicted molar refractivity (Wildman–Crippen MR) is 83.5 cm³/mol. The number of methoxy groups -OCH3 is 1. The number of aromatic nitrogens is 1. The van der Waals surface area contributed by atoms with Gasteiger partial charge in [-0.2, -0.15) is 0 Å². The van der Waals surface area contributed by atoms with E-state index in [1.807, 2.05) is 24.4 Å². The summed E-state index contributed by atoms with van der Waals surface area (Å²) in [4.78, 5) is 12.3. The van der Waals surface area contributed by atoms with Crippen LogP contribution in [0.4, 0.5) is 0 Å². The van der Waals surface area contributed by atoms with Gasteiger partial charge in [0.05, 0.1) is 7.11 Å². The standard InChI is InChI=1S/C18H21NO2/c1-12-9-13(21-4)5-6-15(12)19-8-7-14-16(19)10-18(2,3)11-17(14)20/h5-9H,10-11H2,1-4H3. The number of carbonyl (C=O) groups excluding carboxylic acids is 1. The fourth-order valence-corrected chi connectivity index (χ4v) is 3.20. The molecule has 0 aliphatic heterocycles. The molecule has 0 atom stereocenters. The van der Waals surface area contributed by atoms with E-state index in [1.165, 1.54) is 0 Å². The number of hydrogen-bond acceptors (Lipinski definition) is 2. The first-order valence-electron chi connectivity index (χ1n) is 7.30. The number of hydrogen-bond donors (Lipinski definition) is 0. The highest BCUT2D eigenvalue weighted by Crippen LogP contribution is 2.36. The van der Waals surface area contributed by atoms with Crippen LogP contribution in [0.2, 0.25) is 0 Å². The Labute approximate surface area is 125 Å². The van der Waals surface area contributed by atoms with Crippen LogP contribution in [0.15, 0.2) is 30.5 Å². The van der Waals surface area contributed by atoms with Crippen LogP contribution in [0.25, 0.3) is 5.69 Å². The zero-order chi connectivity index (χ0) is 15.2. The number of rotatable bonds is 2. The van der Waals surface area contributed by atoms with Crippen LogP contribution < -0.4 is 4.74 Å². The molecule has 1 aliphatic rings. The summed E-state index contributed by atoms with van der Waals surface area (Å²) in [6.45, 7) is 6.39. The van der Waals surface area contributed by atoms with Crippen LogP contribution in [0, 0.1) is 12.3 Å². The summed E-state index contributed by atoms with van der Waals surface area (Å²) in [5.41, 5.74) is 4.29. The molecular weight excluding hydrogens is 262 g/mol. The van der Waals surface area contributed by atoms with Crippen molar-refractivity contribution < 1.29 is 9.53 Å². The van der Waals surface area contributed by atoms with Crippen molar-refractivity contribution in [2.24, 2.45) is 5.41 Å². The summed E-state index contributed by atoms with van der Waals surface area (Å²) in [6.07, 6.45) is 3.57. The first kappa shape index (κ1) is 13.9. The second-order valence-electron chi connectivity index (χ2n) is 6.64. The molecule has 21 heavy (non-hydrogen) atoms. The highest BCUT2D eigenvalue weighted by molar-refractivity contribution is 5.99. The van der Waals surface area contributed by atoms with Crippen molar-refractivity contribution in [3.8, 4) is 11.4 Å². The van der Waals surface area contributed by atoms with E-state index in [9.17, 15) is 4.79 Å². The van der Waals surface area contributed by atoms with Gasteiger partial charge >= 0.3 is 0 Å². The van der Waals surface area contributed by atoms with E-state index < -0.39 is 0 Å². The van der Waals surface area contributed by atoms with Crippen LogP contribution in [-0.2, 0) is 6.42 Å². The quantitative estimate of drug-likeness (QED) is 0.835. The Morgan fingerprint density at radius 1 is 1.19 bits per heavy atom. The van der Waals surface area contributed by atoms with Gasteiger partial charge in [0.15, 0.2) is 5.78 Å². The first-order chi connectivity index (χ1) is 9.91. The summed E-state index contributed by atoms with van der Waals surface area (Å²) in [7, 11) is 1.67. The molecule has 3 heteroatoms. The number of benzene rings is 1. The van der Waals surface area contributed by atoms with Gasteiger partial charge in [-0.15, -0.1) is 0 Å². The fraction of sp³-hybridized carbons (Fsp3) is 0.389. The monoisotopic (exact) mass is 283 g/mol. The molecule has 0 N–H and O–H groups in total. The normalized spacial score (nSPS) is 16.7. The Balaban J connectivity index is 2.12. The third-order valence-corrected chi connectivity index (χ3v) is 4.24. The maximum Gasteiger partial charge on any atom is 0.165 e. The SMILES string of the molecule is COc1ccc(-n2ccc3c2CC(C)(C)CC3=O)c(C)c1. The summed E-state index contributed by atoms with van der Waals surface area (Å²) in [5, 5.41) is 0. The summed E-state index contributed by atoms with van der Waals surface area (Å²) in [6, 6.07) is 8.00. The van der Waals surface area contributed by atoms with Gasteiger partial charge in [0.1, 0.15) is 5.75 Å². The number of ether oxygens (including phenoxy) is 1. The maximum atomic E-state index is 12.3. The number of fused-ring (bicyclic) bond motifs is 1. The largest absolute Gasteiger partial charge is 0.497 e. The average molecular weight is 283 g/mol. The number of ketones is 1. The summed E-state index contributed by atoms with van der Waals surface area (Å²) >= 11 is 0. The third-order valence-electron chi connectivity index (χ3n) is 4.24. The maximum absolute atomic E-state index is 12.3. The lowest BCUT2D eigenvalue weighted by Gasteiger charge is -2.30. The molecule has 3 nitrogen and oxygen atoms in total. The minimum atomic E-state index is 0.0283. The summed E-state index contributed by atoms with van der Waals surface area (Å²) in [5.74, 6) is 1.11. The lowest BCUT2D eigenvalue weighted by Crippen LogP contribution is -2.27. The minimum absolute atomic E-state index is 0.0283. The second kappa shape index (κ2) is 4.76. The topological polar surface area (TPSA) is 31.2 Å². The fourth-order valence-electron chi connectivity index (χ4n) is 3.20. The van der Waals surface area contributed by atoms with Crippen molar-refractivity contribution >= 4 is 5.78 Å². The third kappa shape index (κ3) is 2.37. The van der Waals surface area contributed by atoms with Crippen molar-refractivity contribution in [1.82, 2.24) is 4.57 Å². The van der Waals surface area contributed by atoms with Gasteiger partial charge in [-0.3, -0.25) is 4.79 Å². The Morgan fingerprint density at radius 2 is 1.95 bits per heavy atom. The number of carbonyl (C=O) groups is 1. The van der Waals surface area contributed by atoms with Crippen LogP contribution in [0.5, 0.6) is 5.75 Å². The molecule has 0 radical (unpaired) electrons. The van der Waals surface area contributed by atoms with E-state index in [0.717, 1.165) is 34.7 Å². The average Bonchev–Trinajstić information content (AvgIpc) is 2.81. The molecule has 0 bridgehead atoms. The number of Topliss-reactive ketones (excluding diaryl/α,β-unsaturated/α-hetero) is 1. The van der Waals surface area contributed by atoms with Crippen molar-refractivity contribution in [2.75, 3.05) is 7.11 Å². The van der Waals surface area contributed by atoms with Gasteiger partial charge in [0.25, 0.3) is 0 Å². The lowest BCUT2D eigenvalue weighted by molar-refractivity contribution is 0.0911. The van der Waals surface area contributed by atoms with Gasteiger partial charge in [-0.1, -0.05) is 13.8 Å². The summed E-state index contributed by atoms with van der Waals surface area (Å²) < 4.78 is 7.42. The van der Waals surface area contributed by atoms with Gasteiger partial charge in [0.2, 0.25) is 0 Å². The van der Waals surface area contributed by atoms with E-state index in [1.54, 1.807) is 7.11 Å². The van der Waals surface area contributed by atoms with Gasteiger partial charge in [0, 0.05) is 29.6 Å². The van der Waals surface area contributed by atoms with E-state index in [4.69, 9.17) is 4.74 Å². The Hall–Kier alpha value is -2.03. The molecule has 1 aliphatic carbocycles. The van der Waals surface area contributed by atoms with Crippen LogP contribution >= 0.6 is 0 Å². The zero-order valence-electron chi connectivity index (χ0n) is 13.1. The highest BCUT2D eigenvalue weighted by atomic mass is 16.5. The lowest BCUT2D eigenvalue weighted by atomic mass is 9.76. The minimum Gasteiger partial charge on any atom is -0.497 e. The first-order valence-corrected chi connectivity index (χ1v) is 7.30. The molecule has 3 rings (SSSR count). The number of aryl methyl sites for hydroxylation is 1. The van der Waals surface area contributed by atoms with Crippen molar-refractivity contribution in [3.63, 3.8) is 0 Å². The van der Waals surface area contributed by atoms with Crippen molar-refractivity contribution in [1.29, 1.82) is 0 Å². The Kier molecular flexibility index (Phi) is 3.16. The highest BCUT2D eigenvalue weighted by Gasteiger charge is 2.33.